The van der Waals surface area contributed by atoms with E-state index in [-0.39, 0.29) is 43.1 Å². The van der Waals surface area contributed by atoms with Gasteiger partial charge in [-0.1, -0.05) is 0 Å². The van der Waals surface area contributed by atoms with E-state index in [1.54, 1.807) is 17.0 Å². The van der Waals surface area contributed by atoms with Gasteiger partial charge in [0, 0.05) is 37.0 Å². The number of hydrogen-bond acceptors (Lipinski definition) is 6. The number of carbonyl (C=O) groups excluding carboxylic acids is 2. The predicted octanol–water partition coefficient (Wildman–Crippen LogP) is 0.754. The molecular formula is C21H29N3O5. The minimum atomic E-state index is -0.297. The lowest BCUT2D eigenvalue weighted by Crippen LogP contribution is -2.41. The molecule has 8 nitrogen and oxygen atoms in total. The molecule has 3 aliphatic rings. The summed E-state index contributed by atoms with van der Waals surface area (Å²) in [5, 5.41) is 15.6. The summed E-state index contributed by atoms with van der Waals surface area (Å²) in [6.45, 7) is 2.54. The van der Waals surface area contributed by atoms with E-state index < -0.39 is 0 Å². The van der Waals surface area contributed by atoms with E-state index in [9.17, 15) is 14.7 Å². The molecule has 4 rings (SSSR count). The van der Waals surface area contributed by atoms with Gasteiger partial charge in [-0.15, -0.1) is 0 Å². The molecule has 1 aromatic rings. The lowest BCUT2D eigenvalue weighted by Gasteiger charge is -2.27. The summed E-state index contributed by atoms with van der Waals surface area (Å²) >= 11 is 0. The molecule has 2 saturated heterocycles. The van der Waals surface area contributed by atoms with Crippen LogP contribution in [0.2, 0.25) is 0 Å². The molecule has 0 bridgehead atoms. The van der Waals surface area contributed by atoms with Crippen LogP contribution in [0.3, 0.4) is 0 Å². The molecule has 1 saturated carbocycles. The molecule has 8 heteroatoms. The largest absolute Gasteiger partial charge is 0.396 e. The first-order chi connectivity index (χ1) is 14.1. The van der Waals surface area contributed by atoms with Gasteiger partial charge in [-0.2, -0.15) is 0 Å². The number of aliphatic hydroxyl groups excluding tert-OH is 1. The van der Waals surface area contributed by atoms with Gasteiger partial charge in [0.2, 0.25) is 5.91 Å². The third-order valence-corrected chi connectivity index (χ3v) is 5.91. The SMILES string of the molecule is O=C(Nc1ccc(N2CCOCC2=O)cc1)[C@H]1C[C@@H](OCC(CO)C2CC2)CN1. The van der Waals surface area contributed by atoms with E-state index in [0.29, 0.717) is 44.3 Å². The van der Waals surface area contributed by atoms with Gasteiger partial charge >= 0.3 is 0 Å². The van der Waals surface area contributed by atoms with Crippen molar-refractivity contribution in [3.8, 4) is 0 Å². The van der Waals surface area contributed by atoms with Gasteiger partial charge in [0.25, 0.3) is 5.91 Å². The van der Waals surface area contributed by atoms with Crippen molar-refractivity contribution in [2.75, 3.05) is 49.7 Å². The highest BCUT2D eigenvalue weighted by atomic mass is 16.5. The Morgan fingerprint density at radius 1 is 1.34 bits per heavy atom. The van der Waals surface area contributed by atoms with Crippen LogP contribution in [0, 0.1) is 11.8 Å². The van der Waals surface area contributed by atoms with Crippen molar-refractivity contribution in [1.29, 1.82) is 0 Å². The Labute approximate surface area is 170 Å². The Morgan fingerprint density at radius 2 is 2.14 bits per heavy atom. The Hall–Kier alpha value is -2.00. The first-order valence-electron chi connectivity index (χ1n) is 10.4. The number of hydrogen-bond donors (Lipinski definition) is 3. The van der Waals surface area contributed by atoms with Gasteiger partial charge in [-0.3, -0.25) is 9.59 Å². The van der Waals surface area contributed by atoms with Crippen molar-refractivity contribution in [3.63, 3.8) is 0 Å². The lowest BCUT2D eigenvalue weighted by molar-refractivity contribution is -0.125. The number of nitrogens with one attached hydrogen (secondary N) is 2. The molecule has 158 valence electrons. The van der Waals surface area contributed by atoms with Crippen molar-refractivity contribution in [2.24, 2.45) is 11.8 Å². The number of aliphatic hydroxyl groups is 1. The zero-order valence-electron chi connectivity index (χ0n) is 16.5. The summed E-state index contributed by atoms with van der Waals surface area (Å²) in [7, 11) is 0. The molecule has 29 heavy (non-hydrogen) atoms. The second-order valence-electron chi connectivity index (χ2n) is 8.07. The van der Waals surface area contributed by atoms with E-state index in [2.05, 4.69) is 10.6 Å². The smallest absolute Gasteiger partial charge is 0.253 e. The molecule has 1 aromatic carbocycles. The highest BCUT2D eigenvalue weighted by Gasteiger charge is 2.34. The molecule has 0 aromatic heterocycles. The topological polar surface area (TPSA) is 100 Å². The molecule has 2 aliphatic heterocycles. The summed E-state index contributed by atoms with van der Waals surface area (Å²) in [4.78, 5) is 26.2. The van der Waals surface area contributed by atoms with Crippen molar-refractivity contribution in [2.45, 2.75) is 31.4 Å². The van der Waals surface area contributed by atoms with Gasteiger partial charge in [0.15, 0.2) is 0 Å². The van der Waals surface area contributed by atoms with Crippen LogP contribution in [0.1, 0.15) is 19.3 Å². The second-order valence-corrected chi connectivity index (χ2v) is 8.07. The van der Waals surface area contributed by atoms with E-state index >= 15 is 0 Å². The third kappa shape index (κ3) is 5.14. The highest BCUT2D eigenvalue weighted by molar-refractivity contribution is 5.97. The predicted molar refractivity (Wildman–Crippen MR) is 108 cm³/mol. The normalized spacial score (nSPS) is 25.8. The molecule has 1 unspecified atom stereocenters. The van der Waals surface area contributed by atoms with Gasteiger partial charge in [-0.25, -0.2) is 0 Å². The number of carbonyl (C=O) groups is 2. The zero-order valence-corrected chi connectivity index (χ0v) is 16.5. The molecule has 2 heterocycles. The van der Waals surface area contributed by atoms with Crippen LogP contribution < -0.4 is 15.5 Å². The fourth-order valence-corrected chi connectivity index (χ4v) is 3.94. The number of morpholine rings is 1. The average Bonchev–Trinajstić information content (AvgIpc) is 3.46. The second kappa shape index (κ2) is 9.21. The number of amides is 2. The van der Waals surface area contributed by atoms with Crippen LogP contribution in [0.5, 0.6) is 0 Å². The van der Waals surface area contributed by atoms with Gasteiger partial charge < -0.3 is 30.1 Å². The van der Waals surface area contributed by atoms with E-state index in [1.807, 2.05) is 12.1 Å². The Bertz CT molecular complexity index is 722. The Kier molecular flexibility index (Phi) is 6.44. The van der Waals surface area contributed by atoms with Crippen LogP contribution in [-0.2, 0) is 19.1 Å². The van der Waals surface area contributed by atoms with Crippen molar-refractivity contribution >= 4 is 23.2 Å². The van der Waals surface area contributed by atoms with E-state index in [4.69, 9.17) is 9.47 Å². The molecule has 3 fully saturated rings. The molecule has 1 aliphatic carbocycles. The number of nitrogens with zero attached hydrogens (tertiary/aromatic N) is 1. The molecule has 3 atom stereocenters. The number of anilines is 2. The summed E-state index contributed by atoms with van der Waals surface area (Å²) in [6, 6.07) is 6.98. The number of ether oxygens (including phenoxy) is 2. The maximum Gasteiger partial charge on any atom is 0.253 e. The summed E-state index contributed by atoms with van der Waals surface area (Å²) in [6.07, 6.45) is 2.98. The van der Waals surface area contributed by atoms with E-state index in [1.165, 1.54) is 12.8 Å². The van der Waals surface area contributed by atoms with Crippen molar-refractivity contribution in [3.05, 3.63) is 24.3 Å². The molecule has 0 spiro atoms. The van der Waals surface area contributed by atoms with Gasteiger partial charge in [0.05, 0.1) is 25.4 Å². The maximum absolute atomic E-state index is 12.6. The molecule has 2 amide bonds. The fraction of sp³-hybridized carbons (Fsp3) is 0.619. The summed E-state index contributed by atoms with van der Waals surface area (Å²) in [5.41, 5.74) is 1.50. The summed E-state index contributed by atoms with van der Waals surface area (Å²) < 4.78 is 11.1. The Balaban J connectivity index is 1.24. The average molecular weight is 403 g/mol. The molecule has 0 radical (unpaired) electrons. The number of rotatable bonds is 8. The first kappa shape index (κ1) is 20.3. The highest BCUT2D eigenvalue weighted by Crippen LogP contribution is 2.37. The third-order valence-electron chi connectivity index (χ3n) is 5.91. The van der Waals surface area contributed by atoms with Gasteiger partial charge in [-0.05, 0) is 49.4 Å². The monoisotopic (exact) mass is 403 g/mol. The van der Waals surface area contributed by atoms with Crippen LogP contribution >= 0.6 is 0 Å². The van der Waals surface area contributed by atoms with Crippen LogP contribution in [0.15, 0.2) is 24.3 Å². The fourth-order valence-electron chi connectivity index (χ4n) is 3.94. The van der Waals surface area contributed by atoms with Crippen LogP contribution in [0.4, 0.5) is 11.4 Å². The summed E-state index contributed by atoms with van der Waals surface area (Å²) in [5.74, 6) is 0.676. The maximum atomic E-state index is 12.6. The van der Waals surface area contributed by atoms with E-state index in [0.717, 1.165) is 5.69 Å². The zero-order chi connectivity index (χ0) is 20.2. The minimum absolute atomic E-state index is 0.00624. The van der Waals surface area contributed by atoms with Crippen molar-refractivity contribution in [1.82, 2.24) is 5.32 Å². The van der Waals surface area contributed by atoms with Gasteiger partial charge in [0.1, 0.15) is 6.61 Å². The lowest BCUT2D eigenvalue weighted by atomic mass is 10.1. The molecule has 3 N–H and O–H groups in total. The van der Waals surface area contributed by atoms with Crippen LogP contribution in [0.25, 0.3) is 0 Å². The minimum Gasteiger partial charge on any atom is -0.396 e. The standard InChI is InChI=1S/C21H29N3O5/c25-11-15(14-1-2-14)12-29-18-9-19(22-10-18)21(27)23-16-3-5-17(6-4-16)24-7-8-28-13-20(24)26/h3-6,14-15,18-19,22,25H,1-2,7-13H2,(H,23,27)/t15?,18-,19-/m1/s1. The molecular weight excluding hydrogens is 374 g/mol. The Morgan fingerprint density at radius 3 is 2.83 bits per heavy atom. The van der Waals surface area contributed by atoms with Crippen molar-refractivity contribution < 1.29 is 24.2 Å². The first-order valence-corrected chi connectivity index (χ1v) is 10.4. The number of benzene rings is 1. The van der Waals surface area contributed by atoms with Crippen LogP contribution in [-0.4, -0.2) is 68.6 Å². The quantitative estimate of drug-likeness (QED) is 0.593.